The number of carbonyl (C=O) groups is 2. The third-order valence-electron chi connectivity index (χ3n) is 5.25. The highest BCUT2D eigenvalue weighted by molar-refractivity contribution is 7.10. The number of esters is 1. The number of thiophene rings is 1. The van der Waals surface area contributed by atoms with E-state index in [2.05, 4.69) is 4.98 Å². The minimum absolute atomic E-state index is 0.0170. The standard InChI is InChI=1S/C21H23N3O4S/c1-4-27-20(26)16-17(22)15-14(12-6-5-7-29-12)13-10(25)8-21(2,3)9-11(13)28-19(15)24-18(16)23/h5-7,14H,4,8-9H2,1-3H3,(H4,22,23,24). The molecule has 7 nitrogen and oxygen atoms in total. The van der Waals surface area contributed by atoms with Gasteiger partial charge in [-0.1, -0.05) is 19.9 Å². The van der Waals surface area contributed by atoms with Gasteiger partial charge in [-0.25, -0.2) is 4.79 Å². The Morgan fingerprint density at radius 3 is 2.79 bits per heavy atom. The molecule has 0 bridgehead atoms. The van der Waals surface area contributed by atoms with Gasteiger partial charge in [0.05, 0.1) is 23.8 Å². The van der Waals surface area contributed by atoms with Crippen molar-refractivity contribution in [3.05, 3.63) is 44.8 Å². The number of aromatic nitrogens is 1. The van der Waals surface area contributed by atoms with Gasteiger partial charge in [-0.05, 0) is 23.8 Å². The Morgan fingerprint density at radius 2 is 2.14 bits per heavy atom. The molecule has 2 aromatic heterocycles. The van der Waals surface area contributed by atoms with Crippen molar-refractivity contribution < 1.29 is 19.1 Å². The third kappa shape index (κ3) is 3.17. The monoisotopic (exact) mass is 413 g/mol. The molecule has 1 aliphatic carbocycles. The molecule has 2 aliphatic rings. The predicted octanol–water partition coefficient (Wildman–Crippen LogP) is 3.65. The van der Waals surface area contributed by atoms with Crippen molar-refractivity contribution >= 4 is 34.6 Å². The summed E-state index contributed by atoms with van der Waals surface area (Å²) in [6.07, 6.45) is 1.02. The number of carbonyl (C=O) groups excluding carboxylic acids is 2. The number of rotatable bonds is 3. The van der Waals surface area contributed by atoms with Crippen LogP contribution in [0.5, 0.6) is 5.88 Å². The average Bonchev–Trinajstić information content (AvgIpc) is 3.13. The number of pyridine rings is 1. The van der Waals surface area contributed by atoms with Crippen LogP contribution in [0.2, 0.25) is 0 Å². The summed E-state index contributed by atoms with van der Waals surface area (Å²) in [7, 11) is 0. The summed E-state index contributed by atoms with van der Waals surface area (Å²) < 4.78 is 11.2. The van der Waals surface area contributed by atoms with E-state index in [4.69, 9.17) is 20.9 Å². The van der Waals surface area contributed by atoms with Crippen LogP contribution in [0.25, 0.3) is 0 Å². The fourth-order valence-corrected chi connectivity index (χ4v) is 4.92. The van der Waals surface area contributed by atoms with E-state index in [1.54, 1.807) is 6.92 Å². The van der Waals surface area contributed by atoms with Gasteiger partial charge in [0.1, 0.15) is 17.1 Å². The van der Waals surface area contributed by atoms with Crippen LogP contribution >= 0.6 is 11.3 Å². The van der Waals surface area contributed by atoms with Crippen LogP contribution in [0.4, 0.5) is 11.5 Å². The van der Waals surface area contributed by atoms with Gasteiger partial charge < -0.3 is 20.9 Å². The second-order valence-corrected chi connectivity index (χ2v) is 9.03. The summed E-state index contributed by atoms with van der Waals surface area (Å²) >= 11 is 1.52. The van der Waals surface area contributed by atoms with Gasteiger partial charge in [0.25, 0.3) is 0 Å². The number of Topliss-reactive ketones (excluding diaryl/α,β-unsaturated/α-hetero) is 1. The summed E-state index contributed by atoms with van der Waals surface area (Å²) in [5.74, 6) is -0.260. The summed E-state index contributed by atoms with van der Waals surface area (Å²) in [6.45, 7) is 5.96. The second kappa shape index (κ2) is 6.88. The van der Waals surface area contributed by atoms with Gasteiger partial charge in [-0.15, -0.1) is 11.3 Å². The number of nitrogen functional groups attached to an aromatic ring is 2. The molecule has 29 heavy (non-hydrogen) atoms. The first-order valence-electron chi connectivity index (χ1n) is 9.47. The number of anilines is 2. The number of fused-ring (bicyclic) bond motifs is 1. The van der Waals surface area contributed by atoms with E-state index in [1.807, 2.05) is 31.4 Å². The van der Waals surface area contributed by atoms with E-state index in [-0.39, 0.29) is 40.8 Å². The van der Waals surface area contributed by atoms with Crippen LogP contribution in [-0.4, -0.2) is 23.3 Å². The van der Waals surface area contributed by atoms with E-state index in [0.29, 0.717) is 29.7 Å². The Balaban J connectivity index is 1.96. The summed E-state index contributed by atoms with van der Waals surface area (Å²) in [6, 6.07) is 3.86. The lowest BCUT2D eigenvalue weighted by Gasteiger charge is -2.38. The first kappa shape index (κ1) is 19.4. The summed E-state index contributed by atoms with van der Waals surface area (Å²) in [4.78, 5) is 30.9. The molecular formula is C21H23N3O4S. The molecular weight excluding hydrogens is 390 g/mol. The second-order valence-electron chi connectivity index (χ2n) is 8.05. The Kier molecular flexibility index (Phi) is 4.61. The molecule has 0 saturated carbocycles. The molecule has 0 aromatic carbocycles. The van der Waals surface area contributed by atoms with E-state index in [9.17, 15) is 9.59 Å². The Bertz CT molecular complexity index is 1040. The molecule has 3 heterocycles. The maximum absolute atomic E-state index is 13.1. The number of ether oxygens (including phenoxy) is 2. The van der Waals surface area contributed by atoms with Gasteiger partial charge in [0, 0.05) is 23.3 Å². The molecule has 0 saturated heterocycles. The molecule has 0 spiro atoms. The lowest BCUT2D eigenvalue weighted by Crippen LogP contribution is -2.33. The first-order chi connectivity index (χ1) is 13.7. The highest BCUT2D eigenvalue weighted by Crippen LogP contribution is 2.52. The summed E-state index contributed by atoms with van der Waals surface area (Å²) in [5, 5.41) is 1.94. The van der Waals surface area contributed by atoms with Crippen molar-refractivity contribution in [1.82, 2.24) is 4.98 Å². The van der Waals surface area contributed by atoms with E-state index in [1.165, 1.54) is 11.3 Å². The minimum Gasteiger partial charge on any atom is -0.462 e. The number of hydrogen-bond donors (Lipinski definition) is 2. The van der Waals surface area contributed by atoms with Gasteiger partial charge in [0.2, 0.25) is 5.88 Å². The largest absolute Gasteiger partial charge is 0.462 e. The van der Waals surface area contributed by atoms with Crippen LogP contribution in [-0.2, 0) is 9.53 Å². The number of ketones is 1. The molecule has 1 unspecified atom stereocenters. The highest BCUT2D eigenvalue weighted by Gasteiger charge is 2.44. The molecule has 0 amide bonds. The average molecular weight is 413 g/mol. The maximum atomic E-state index is 13.1. The lowest BCUT2D eigenvalue weighted by molar-refractivity contribution is -0.118. The normalized spacial score (nSPS) is 20.0. The molecule has 8 heteroatoms. The van der Waals surface area contributed by atoms with Crippen LogP contribution in [0.1, 0.15) is 60.3 Å². The van der Waals surface area contributed by atoms with Crippen LogP contribution in [0.15, 0.2) is 28.8 Å². The first-order valence-corrected chi connectivity index (χ1v) is 10.3. The SMILES string of the molecule is CCOC(=O)c1c(N)nc2c(c1N)C(c1cccs1)C1=C(CC(C)(C)CC1=O)O2. The molecule has 0 fully saturated rings. The number of hydrogen-bond acceptors (Lipinski definition) is 8. The van der Waals surface area contributed by atoms with E-state index < -0.39 is 11.9 Å². The zero-order chi connectivity index (χ0) is 20.9. The smallest absolute Gasteiger partial charge is 0.344 e. The van der Waals surface area contributed by atoms with Crippen LogP contribution in [0, 0.1) is 5.41 Å². The number of nitrogens with zero attached hydrogens (tertiary/aromatic N) is 1. The van der Waals surface area contributed by atoms with Crippen molar-refractivity contribution in [2.24, 2.45) is 5.41 Å². The van der Waals surface area contributed by atoms with Crippen molar-refractivity contribution in [2.45, 2.75) is 39.5 Å². The van der Waals surface area contributed by atoms with Gasteiger partial charge in [-0.3, -0.25) is 4.79 Å². The quantitative estimate of drug-likeness (QED) is 0.737. The molecule has 1 aliphatic heterocycles. The highest BCUT2D eigenvalue weighted by atomic mass is 32.1. The minimum atomic E-state index is -0.640. The maximum Gasteiger partial charge on any atom is 0.344 e. The predicted molar refractivity (Wildman–Crippen MR) is 111 cm³/mol. The van der Waals surface area contributed by atoms with Gasteiger partial charge in [-0.2, -0.15) is 4.98 Å². The lowest BCUT2D eigenvalue weighted by atomic mass is 9.71. The number of nitrogens with two attached hydrogens (primary N) is 2. The molecule has 4 N–H and O–H groups in total. The van der Waals surface area contributed by atoms with E-state index in [0.717, 1.165) is 4.88 Å². The Morgan fingerprint density at radius 1 is 1.38 bits per heavy atom. The van der Waals surface area contributed by atoms with Crippen molar-refractivity contribution in [3.8, 4) is 5.88 Å². The molecule has 1 atom stereocenters. The van der Waals surface area contributed by atoms with Crippen molar-refractivity contribution in [1.29, 1.82) is 0 Å². The van der Waals surface area contributed by atoms with Crippen LogP contribution < -0.4 is 16.2 Å². The molecule has 4 rings (SSSR count). The van der Waals surface area contributed by atoms with Crippen molar-refractivity contribution in [3.63, 3.8) is 0 Å². The van der Waals surface area contributed by atoms with Crippen molar-refractivity contribution in [2.75, 3.05) is 18.1 Å². The fourth-order valence-electron chi connectivity index (χ4n) is 4.08. The number of allylic oxidation sites excluding steroid dienone is 2. The summed E-state index contributed by atoms with van der Waals surface area (Å²) in [5.41, 5.74) is 13.5. The zero-order valence-corrected chi connectivity index (χ0v) is 17.4. The van der Waals surface area contributed by atoms with Gasteiger partial charge >= 0.3 is 5.97 Å². The molecule has 152 valence electrons. The van der Waals surface area contributed by atoms with Crippen LogP contribution in [0.3, 0.4) is 0 Å². The molecule has 2 aromatic rings. The van der Waals surface area contributed by atoms with E-state index >= 15 is 0 Å². The van der Waals surface area contributed by atoms with Gasteiger partial charge in [0.15, 0.2) is 5.78 Å². The Labute approximate surface area is 172 Å². The molecule has 0 radical (unpaired) electrons. The zero-order valence-electron chi connectivity index (χ0n) is 16.6. The third-order valence-corrected chi connectivity index (χ3v) is 6.19. The topological polar surface area (TPSA) is 118 Å². The fraction of sp³-hybridized carbons (Fsp3) is 0.381. The Hall–Kier alpha value is -2.87.